The van der Waals surface area contributed by atoms with Crippen molar-refractivity contribution in [2.45, 2.75) is 74.1 Å². The van der Waals surface area contributed by atoms with Crippen LogP contribution in [0.3, 0.4) is 0 Å². The number of rotatable bonds is 5. The van der Waals surface area contributed by atoms with Gasteiger partial charge < -0.3 is 9.52 Å². The van der Waals surface area contributed by atoms with Crippen molar-refractivity contribution >= 4 is 16.8 Å². The molecule has 0 fully saturated rings. The average molecular weight is 413 g/mol. The van der Waals surface area contributed by atoms with Crippen LogP contribution in [0.15, 0.2) is 52.9 Å². The monoisotopic (exact) mass is 412 g/mol. The number of aliphatic hydroxyl groups excluding tert-OH is 1. The molecule has 0 aliphatic rings. The van der Waals surface area contributed by atoms with E-state index in [0.29, 0.717) is 6.61 Å². The Bertz CT molecular complexity index is 827. The Morgan fingerprint density at radius 1 is 0.933 bits per heavy atom. The summed E-state index contributed by atoms with van der Waals surface area (Å²) >= 11 is 0. The number of ketones is 1. The number of aryl methyl sites for hydroxylation is 3. The van der Waals surface area contributed by atoms with Gasteiger partial charge >= 0.3 is 0 Å². The summed E-state index contributed by atoms with van der Waals surface area (Å²) in [6.45, 7) is 14.2. The van der Waals surface area contributed by atoms with Gasteiger partial charge in [-0.1, -0.05) is 87.7 Å². The molecule has 3 rings (SSSR count). The molecule has 0 saturated heterocycles. The molecule has 30 heavy (non-hydrogen) atoms. The Balaban J connectivity index is 0.000000501. The second kappa shape index (κ2) is 16.4. The highest BCUT2D eigenvalue weighted by Gasteiger charge is 2.16. The number of hydrogen-bond donors (Lipinski definition) is 1. The number of aliphatic hydroxyl groups is 1. The van der Waals surface area contributed by atoms with E-state index in [1.54, 1.807) is 6.92 Å². The zero-order valence-electron chi connectivity index (χ0n) is 19.9. The summed E-state index contributed by atoms with van der Waals surface area (Å²) in [7, 11) is 0. The Morgan fingerprint density at radius 3 is 1.93 bits per heavy atom. The fraction of sp³-hybridized carbons (Fsp3) is 0.444. The lowest BCUT2D eigenvalue weighted by Crippen LogP contribution is -1.96. The lowest BCUT2D eigenvalue weighted by molar-refractivity contribution is 0.101. The SMILES string of the molecule is CC.CCCCc1oc2ccccc2c1C(C)=O.CCCO.Cc1cccc(C)c1. The van der Waals surface area contributed by atoms with Gasteiger partial charge in [-0.05, 0) is 39.7 Å². The van der Waals surface area contributed by atoms with Crippen LogP contribution in [-0.2, 0) is 6.42 Å². The number of fused-ring (bicyclic) bond motifs is 1. The van der Waals surface area contributed by atoms with E-state index in [9.17, 15) is 4.79 Å². The molecule has 0 radical (unpaired) electrons. The first-order valence-corrected chi connectivity index (χ1v) is 11.1. The van der Waals surface area contributed by atoms with Crippen LogP contribution < -0.4 is 0 Å². The number of hydrogen-bond acceptors (Lipinski definition) is 3. The van der Waals surface area contributed by atoms with Crippen LogP contribution in [0.1, 0.15) is 81.1 Å². The van der Waals surface area contributed by atoms with Crippen molar-refractivity contribution in [3.63, 3.8) is 0 Å². The van der Waals surface area contributed by atoms with Crippen molar-refractivity contribution in [1.29, 1.82) is 0 Å². The summed E-state index contributed by atoms with van der Waals surface area (Å²) < 4.78 is 5.74. The molecule has 0 bridgehead atoms. The molecule has 1 aromatic heterocycles. The third-order valence-electron chi connectivity index (χ3n) is 4.18. The highest BCUT2D eigenvalue weighted by Crippen LogP contribution is 2.27. The number of para-hydroxylation sites is 1. The van der Waals surface area contributed by atoms with E-state index >= 15 is 0 Å². The van der Waals surface area contributed by atoms with E-state index in [1.807, 2.05) is 45.0 Å². The minimum atomic E-state index is 0.0936. The lowest BCUT2D eigenvalue weighted by Gasteiger charge is -1.97. The number of Topliss-reactive ketones (excluding diaryl/α,β-unsaturated/α-hetero) is 1. The molecule has 3 nitrogen and oxygen atoms in total. The summed E-state index contributed by atoms with van der Waals surface area (Å²) in [5, 5.41) is 8.82. The van der Waals surface area contributed by atoms with Crippen molar-refractivity contribution in [3.05, 3.63) is 71.0 Å². The molecule has 2 aromatic carbocycles. The van der Waals surface area contributed by atoms with Crippen LogP contribution in [0.4, 0.5) is 0 Å². The quantitative estimate of drug-likeness (QED) is 0.437. The van der Waals surface area contributed by atoms with E-state index in [4.69, 9.17) is 9.52 Å². The zero-order chi connectivity index (χ0) is 22.9. The van der Waals surface area contributed by atoms with Crippen LogP contribution >= 0.6 is 0 Å². The first-order valence-electron chi connectivity index (χ1n) is 11.1. The van der Waals surface area contributed by atoms with Gasteiger partial charge in [0.05, 0.1) is 5.56 Å². The highest BCUT2D eigenvalue weighted by molar-refractivity contribution is 6.07. The van der Waals surface area contributed by atoms with Crippen LogP contribution in [-0.4, -0.2) is 17.5 Å². The van der Waals surface area contributed by atoms with Gasteiger partial charge in [-0.15, -0.1) is 0 Å². The van der Waals surface area contributed by atoms with Gasteiger partial charge in [0.1, 0.15) is 11.3 Å². The van der Waals surface area contributed by atoms with Crippen LogP contribution in [0.5, 0.6) is 0 Å². The van der Waals surface area contributed by atoms with E-state index in [2.05, 4.69) is 45.0 Å². The highest BCUT2D eigenvalue weighted by atomic mass is 16.3. The maximum absolute atomic E-state index is 11.6. The van der Waals surface area contributed by atoms with Gasteiger partial charge in [-0.3, -0.25) is 4.79 Å². The number of carbonyl (C=O) groups is 1. The van der Waals surface area contributed by atoms with Gasteiger partial charge in [0.15, 0.2) is 5.78 Å². The lowest BCUT2D eigenvalue weighted by atomic mass is 10.0. The molecule has 0 atom stereocenters. The summed E-state index contributed by atoms with van der Waals surface area (Å²) in [4.78, 5) is 11.6. The van der Waals surface area contributed by atoms with E-state index in [1.165, 1.54) is 11.1 Å². The molecule has 0 aliphatic heterocycles. The van der Waals surface area contributed by atoms with Crippen molar-refractivity contribution in [3.8, 4) is 0 Å². The fourth-order valence-corrected chi connectivity index (χ4v) is 2.80. The van der Waals surface area contributed by atoms with Crippen molar-refractivity contribution < 1.29 is 14.3 Å². The minimum Gasteiger partial charge on any atom is -0.460 e. The molecule has 0 aliphatic carbocycles. The summed E-state index contributed by atoms with van der Waals surface area (Å²) in [5.74, 6) is 0.937. The third kappa shape index (κ3) is 9.89. The topological polar surface area (TPSA) is 50.4 Å². The maximum Gasteiger partial charge on any atom is 0.163 e. The molecular weight excluding hydrogens is 372 g/mol. The molecule has 1 N–H and O–H groups in total. The molecule has 3 heteroatoms. The Kier molecular flexibility index (Phi) is 15.1. The molecule has 0 amide bonds. The first kappa shape index (κ1) is 27.6. The van der Waals surface area contributed by atoms with Gasteiger partial charge in [-0.2, -0.15) is 0 Å². The van der Waals surface area contributed by atoms with E-state index in [0.717, 1.165) is 48.0 Å². The fourth-order valence-electron chi connectivity index (χ4n) is 2.80. The molecule has 1 heterocycles. The Hall–Kier alpha value is -2.39. The van der Waals surface area contributed by atoms with Gasteiger partial charge in [-0.25, -0.2) is 0 Å². The maximum atomic E-state index is 11.6. The second-order valence-corrected chi connectivity index (χ2v) is 6.94. The largest absolute Gasteiger partial charge is 0.460 e. The average Bonchev–Trinajstić information content (AvgIpc) is 3.13. The standard InChI is InChI=1S/C14H16O2.C8H10.C3H8O.C2H6/c1-3-4-8-13-14(10(2)15)11-7-5-6-9-12(11)16-13;1-7-4-3-5-8(2)6-7;1-2-3-4;1-2/h5-7,9H,3-4,8H2,1-2H3;3-6H,1-2H3;4H,2-3H2,1H3;1-2H3. The van der Waals surface area contributed by atoms with E-state index < -0.39 is 0 Å². The molecule has 0 saturated carbocycles. The zero-order valence-corrected chi connectivity index (χ0v) is 19.9. The van der Waals surface area contributed by atoms with Crippen molar-refractivity contribution in [2.24, 2.45) is 0 Å². The summed E-state index contributed by atoms with van der Waals surface area (Å²) in [5.41, 5.74) is 4.26. The van der Waals surface area contributed by atoms with Crippen LogP contribution in [0.25, 0.3) is 11.0 Å². The molecule has 3 aromatic rings. The Morgan fingerprint density at radius 2 is 1.50 bits per heavy atom. The predicted molar refractivity (Wildman–Crippen MR) is 129 cm³/mol. The molecule has 0 unspecified atom stereocenters. The van der Waals surface area contributed by atoms with E-state index in [-0.39, 0.29) is 5.78 Å². The summed E-state index contributed by atoms with van der Waals surface area (Å²) in [6.07, 6.45) is 3.88. The molecule has 166 valence electrons. The minimum absolute atomic E-state index is 0.0936. The van der Waals surface area contributed by atoms with Crippen LogP contribution in [0, 0.1) is 13.8 Å². The normalized spacial score (nSPS) is 9.47. The number of carbonyl (C=O) groups excluding carboxylic acids is 1. The number of benzene rings is 2. The Labute approximate surface area is 183 Å². The molecular formula is C27H40O3. The van der Waals surface area contributed by atoms with Gasteiger partial charge in [0.2, 0.25) is 0 Å². The second-order valence-electron chi connectivity index (χ2n) is 6.94. The van der Waals surface area contributed by atoms with Crippen molar-refractivity contribution in [2.75, 3.05) is 6.61 Å². The van der Waals surface area contributed by atoms with Gasteiger partial charge in [0, 0.05) is 18.4 Å². The number of unbranched alkanes of at least 4 members (excludes halogenated alkanes) is 1. The molecule has 0 spiro atoms. The number of furan rings is 1. The third-order valence-corrected chi connectivity index (χ3v) is 4.18. The van der Waals surface area contributed by atoms with Gasteiger partial charge in [0.25, 0.3) is 0 Å². The predicted octanol–water partition coefficient (Wildman–Crippen LogP) is 7.70. The summed E-state index contributed by atoms with van der Waals surface area (Å²) in [6, 6.07) is 16.2. The smallest absolute Gasteiger partial charge is 0.163 e. The van der Waals surface area contributed by atoms with Crippen LogP contribution in [0.2, 0.25) is 0 Å². The van der Waals surface area contributed by atoms with Crippen molar-refractivity contribution in [1.82, 2.24) is 0 Å². The first-order chi connectivity index (χ1) is 14.4.